The number of hydrogen-bond acceptors (Lipinski definition) is 4. The second-order valence-electron chi connectivity index (χ2n) is 4.08. The fourth-order valence-electron chi connectivity index (χ4n) is 1.86. The Bertz CT molecular complexity index is 584. The number of aromatic nitrogens is 1. The first kappa shape index (κ1) is 14.4. The van der Waals surface area contributed by atoms with Crippen molar-refractivity contribution in [2.45, 2.75) is 0 Å². The second kappa shape index (κ2) is 5.53. The molecule has 0 aliphatic carbocycles. The third-order valence-electron chi connectivity index (χ3n) is 2.88. The summed E-state index contributed by atoms with van der Waals surface area (Å²) in [6, 6.07) is 3.35. The second-order valence-corrected chi connectivity index (χ2v) is 6.38. The lowest BCUT2D eigenvalue weighted by molar-refractivity contribution is 0.0696. The van der Waals surface area contributed by atoms with E-state index >= 15 is 0 Å². The summed E-state index contributed by atoms with van der Waals surface area (Å²) in [5.74, 6) is -0.172. The van der Waals surface area contributed by atoms with E-state index in [0.717, 1.165) is 4.31 Å². The Morgan fingerprint density at radius 1 is 1.32 bits per heavy atom. The highest BCUT2D eigenvalue weighted by Crippen LogP contribution is 2.16. The largest absolute Gasteiger partial charge is 0.336 e. The molecular weight excluding hydrogens is 336 g/mol. The normalized spacial score (nSPS) is 17.5. The Balaban J connectivity index is 2.07. The molecule has 1 saturated heterocycles. The summed E-state index contributed by atoms with van der Waals surface area (Å²) in [4.78, 5) is 17.8. The van der Waals surface area contributed by atoms with Crippen molar-refractivity contribution in [3.8, 4) is 0 Å². The molecule has 1 aromatic heterocycles. The van der Waals surface area contributed by atoms with E-state index in [2.05, 4.69) is 20.9 Å². The van der Waals surface area contributed by atoms with Gasteiger partial charge in [-0.15, -0.1) is 0 Å². The van der Waals surface area contributed by atoms with Gasteiger partial charge in [0.2, 0.25) is 0 Å². The number of carbonyl (C=O) groups is 1. The van der Waals surface area contributed by atoms with Crippen LogP contribution in [0, 0.1) is 0 Å². The van der Waals surface area contributed by atoms with Crippen molar-refractivity contribution in [2.75, 3.05) is 26.2 Å². The maximum Gasteiger partial charge on any atom is 0.277 e. The summed E-state index contributed by atoms with van der Waals surface area (Å²) in [7, 11) is -3.67. The van der Waals surface area contributed by atoms with Crippen molar-refractivity contribution in [2.24, 2.45) is 5.14 Å². The lowest BCUT2D eigenvalue weighted by atomic mass is 10.2. The molecule has 0 bridgehead atoms. The Labute approximate surface area is 119 Å². The first-order chi connectivity index (χ1) is 8.89. The molecule has 0 saturated carbocycles. The Kier molecular flexibility index (Phi) is 4.19. The third-order valence-corrected chi connectivity index (χ3v) is 4.59. The van der Waals surface area contributed by atoms with Gasteiger partial charge in [-0.05, 0) is 28.1 Å². The highest BCUT2D eigenvalue weighted by molar-refractivity contribution is 9.10. The molecular formula is C10H13BrN4O3S. The lowest BCUT2D eigenvalue weighted by Gasteiger charge is -2.33. The summed E-state index contributed by atoms with van der Waals surface area (Å²) < 4.78 is 24.0. The van der Waals surface area contributed by atoms with Crippen molar-refractivity contribution < 1.29 is 13.2 Å². The van der Waals surface area contributed by atoms with Crippen LogP contribution in [0.1, 0.15) is 10.4 Å². The minimum atomic E-state index is -3.67. The van der Waals surface area contributed by atoms with Gasteiger partial charge in [-0.3, -0.25) is 4.79 Å². The predicted octanol–water partition coefficient (Wildman–Crippen LogP) is -0.195. The minimum absolute atomic E-state index is 0.172. The van der Waals surface area contributed by atoms with E-state index in [0.29, 0.717) is 23.3 Å². The number of carbonyl (C=O) groups excluding carboxylic acids is 1. The van der Waals surface area contributed by atoms with Gasteiger partial charge in [-0.2, -0.15) is 12.7 Å². The fourth-order valence-corrected chi connectivity index (χ4v) is 2.95. The topological polar surface area (TPSA) is 96.6 Å². The Hall–Kier alpha value is -1.03. The molecule has 2 rings (SSSR count). The fraction of sp³-hybridized carbons (Fsp3) is 0.400. The zero-order chi connectivity index (χ0) is 14.0. The van der Waals surface area contributed by atoms with Gasteiger partial charge in [0.15, 0.2) is 0 Å². The standard InChI is InChI=1S/C10H13BrN4O3S/c11-9-8(2-1-3-13-9)10(16)14-4-6-15(7-5-14)19(12,17)18/h1-3H,4-7H2,(H2,12,17,18). The highest BCUT2D eigenvalue weighted by Gasteiger charge is 2.27. The molecule has 1 aliphatic rings. The molecule has 0 atom stereocenters. The monoisotopic (exact) mass is 348 g/mol. The van der Waals surface area contributed by atoms with Gasteiger partial charge in [0.1, 0.15) is 4.60 Å². The molecule has 2 heterocycles. The molecule has 0 unspecified atom stereocenters. The van der Waals surface area contributed by atoms with Crippen LogP contribution in [-0.4, -0.2) is 54.7 Å². The summed E-state index contributed by atoms with van der Waals surface area (Å²) in [6.45, 7) is 1.05. The zero-order valence-corrected chi connectivity index (χ0v) is 12.4. The molecule has 0 aromatic carbocycles. The number of amides is 1. The summed E-state index contributed by atoms with van der Waals surface area (Å²) in [5, 5.41) is 5.04. The van der Waals surface area contributed by atoms with Crippen LogP contribution in [0.15, 0.2) is 22.9 Å². The van der Waals surface area contributed by atoms with Crippen molar-refractivity contribution in [1.82, 2.24) is 14.2 Å². The van der Waals surface area contributed by atoms with Crippen LogP contribution < -0.4 is 5.14 Å². The summed E-state index contributed by atoms with van der Waals surface area (Å²) in [5.41, 5.74) is 0.464. The first-order valence-electron chi connectivity index (χ1n) is 5.57. The molecule has 0 radical (unpaired) electrons. The predicted molar refractivity (Wildman–Crippen MR) is 72.5 cm³/mol. The Morgan fingerprint density at radius 3 is 2.47 bits per heavy atom. The number of nitrogens with zero attached hydrogens (tertiary/aromatic N) is 3. The molecule has 7 nitrogen and oxygen atoms in total. The number of hydrogen-bond donors (Lipinski definition) is 1. The smallest absolute Gasteiger partial charge is 0.277 e. The molecule has 1 aliphatic heterocycles. The van der Waals surface area contributed by atoms with Gasteiger partial charge in [0, 0.05) is 32.4 Å². The van der Waals surface area contributed by atoms with Gasteiger partial charge >= 0.3 is 0 Å². The molecule has 1 fully saturated rings. The quantitative estimate of drug-likeness (QED) is 0.748. The number of nitrogens with two attached hydrogens (primary N) is 1. The minimum Gasteiger partial charge on any atom is -0.336 e. The maximum atomic E-state index is 12.2. The highest BCUT2D eigenvalue weighted by atomic mass is 79.9. The number of rotatable bonds is 2. The van der Waals surface area contributed by atoms with Crippen molar-refractivity contribution >= 4 is 32.0 Å². The number of pyridine rings is 1. The molecule has 2 N–H and O–H groups in total. The van der Waals surface area contributed by atoms with Gasteiger partial charge in [-0.25, -0.2) is 10.1 Å². The van der Waals surface area contributed by atoms with Crippen molar-refractivity contribution in [3.05, 3.63) is 28.5 Å². The maximum absolute atomic E-state index is 12.2. The number of piperazine rings is 1. The van der Waals surface area contributed by atoms with E-state index in [1.54, 1.807) is 23.2 Å². The van der Waals surface area contributed by atoms with Gasteiger partial charge < -0.3 is 4.90 Å². The molecule has 0 spiro atoms. The van der Waals surface area contributed by atoms with E-state index in [-0.39, 0.29) is 19.0 Å². The van der Waals surface area contributed by atoms with Crippen LogP contribution in [0.4, 0.5) is 0 Å². The average molecular weight is 349 g/mol. The first-order valence-corrected chi connectivity index (χ1v) is 7.87. The number of halogens is 1. The van der Waals surface area contributed by atoms with Crippen LogP contribution in [0.2, 0.25) is 0 Å². The van der Waals surface area contributed by atoms with Gasteiger partial charge in [0.25, 0.3) is 16.1 Å². The molecule has 19 heavy (non-hydrogen) atoms. The van der Waals surface area contributed by atoms with Gasteiger partial charge in [0.05, 0.1) is 5.56 Å². The van der Waals surface area contributed by atoms with Crippen LogP contribution >= 0.6 is 15.9 Å². The third kappa shape index (κ3) is 3.30. The molecule has 104 valence electrons. The van der Waals surface area contributed by atoms with Gasteiger partial charge in [-0.1, -0.05) is 0 Å². The molecule has 1 amide bonds. The molecule has 1 aromatic rings. The average Bonchev–Trinajstić information content (AvgIpc) is 2.38. The van der Waals surface area contributed by atoms with Crippen LogP contribution in [0.25, 0.3) is 0 Å². The van der Waals surface area contributed by atoms with Crippen LogP contribution in [0.3, 0.4) is 0 Å². The van der Waals surface area contributed by atoms with Crippen molar-refractivity contribution in [3.63, 3.8) is 0 Å². The van der Waals surface area contributed by atoms with Crippen LogP contribution in [-0.2, 0) is 10.2 Å². The Morgan fingerprint density at radius 2 is 1.95 bits per heavy atom. The summed E-state index contributed by atoms with van der Waals surface area (Å²) >= 11 is 3.22. The van der Waals surface area contributed by atoms with E-state index in [9.17, 15) is 13.2 Å². The zero-order valence-electron chi connectivity index (χ0n) is 9.99. The van der Waals surface area contributed by atoms with E-state index in [4.69, 9.17) is 5.14 Å². The summed E-state index contributed by atoms with van der Waals surface area (Å²) in [6.07, 6.45) is 1.58. The SMILES string of the molecule is NS(=O)(=O)N1CCN(C(=O)c2cccnc2Br)CC1. The van der Waals surface area contributed by atoms with E-state index in [1.165, 1.54) is 0 Å². The van der Waals surface area contributed by atoms with Crippen LogP contribution in [0.5, 0.6) is 0 Å². The molecule has 9 heteroatoms. The van der Waals surface area contributed by atoms with Crippen molar-refractivity contribution in [1.29, 1.82) is 0 Å². The van der Waals surface area contributed by atoms with E-state index < -0.39 is 10.2 Å². The van der Waals surface area contributed by atoms with E-state index in [1.807, 2.05) is 0 Å². The lowest BCUT2D eigenvalue weighted by Crippen LogP contribution is -2.52.